The fourth-order valence-electron chi connectivity index (χ4n) is 1.12. The first-order valence-electron chi connectivity index (χ1n) is 3.79. The maximum Gasteiger partial charge on any atom is 0.295 e. The predicted molar refractivity (Wildman–Crippen MR) is 46.5 cm³/mol. The first kappa shape index (κ1) is 7.79. The van der Waals surface area contributed by atoms with Crippen molar-refractivity contribution in [2.75, 3.05) is 5.75 Å². The fraction of sp³-hybridized carbons (Fsp3) is 0.571. The third kappa shape index (κ3) is 1.04. The summed E-state index contributed by atoms with van der Waals surface area (Å²) in [7, 11) is 0. The smallest absolute Gasteiger partial charge is 0.265 e. The number of thioether (sulfide) groups is 1. The van der Waals surface area contributed by atoms with E-state index < -0.39 is 0 Å². The molecule has 0 N–H and O–H groups in total. The van der Waals surface area contributed by atoms with Gasteiger partial charge in [-0.15, -0.1) is 0 Å². The van der Waals surface area contributed by atoms with Gasteiger partial charge in [0.2, 0.25) is 0 Å². The van der Waals surface area contributed by atoms with Crippen LogP contribution in [0.5, 0.6) is 0 Å². The van der Waals surface area contributed by atoms with E-state index in [1.807, 2.05) is 4.68 Å². The van der Waals surface area contributed by atoms with Gasteiger partial charge in [0, 0.05) is 5.75 Å². The molecule has 4 nitrogen and oxygen atoms in total. The third-order valence-electron chi connectivity index (χ3n) is 1.83. The van der Waals surface area contributed by atoms with Crippen LogP contribution >= 0.6 is 11.8 Å². The molecule has 1 aromatic heterocycles. The summed E-state index contributed by atoms with van der Waals surface area (Å²) in [5.74, 6) is 0.961. The Morgan fingerprint density at radius 1 is 1.67 bits per heavy atom. The molecule has 0 aromatic carbocycles. The van der Waals surface area contributed by atoms with E-state index >= 15 is 0 Å². The van der Waals surface area contributed by atoms with Crippen LogP contribution in [0.4, 0.5) is 0 Å². The summed E-state index contributed by atoms with van der Waals surface area (Å²) in [4.78, 5) is 15.0. The lowest BCUT2D eigenvalue weighted by atomic mass is 10.4. The number of fused-ring (bicyclic) bond motifs is 1. The summed E-state index contributed by atoms with van der Waals surface area (Å²) < 4.78 is 1.82. The number of nitrogens with zero attached hydrogens (tertiary/aromatic N) is 3. The molecule has 0 fully saturated rings. The quantitative estimate of drug-likeness (QED) is 0.591. The van der Waals surface area contributed by atoms with Crippen LogP contribution in [0.15, 0.2) is 9.95 Å². The molecule has 0 bridgehead atoms. The summed E-state index contributed by atoms with van der Waals surface area (Å²) in [6, 6.07) is 0.358. The second kappa shape index (κ2) is 2.58. The Bertz CT molecular complexity index is 373. The highest BCUT2D eigenvalue weighted by molar-refractivity contribution is 7.99. The Labute approximate surface area is 74.0 Å². The number of aryl methyl sites for hydroxylation is 1. The van der Waals surface area contributed by atoms with E-state index in [4.69, 9.17) is 0 Å². The normalized spacial score (nSPS) is 21.0. The molecule has 5 heteroatoms. The highest BCUT2D eigenvalue weighted by Gasteiger charge is 2.20. The molecule has 1 unspecified atom stereocenters. The van der Waals surface area contributed by atoms with Crippen molar-refractivity contribution in [2.45, 2.75) is 25.0 Å². The Hall–Kier alpha value is -0.840. The van der Waals surface area contributed by atoms with Crippen molar-refractivity contribution in [2.24, 2.45) is 0 Å². The van der Waals surface area contributed by atoms with Gasteiger partial charge in [-0.1, -0.05) is 11.8 Å². The molecule has 1 atom stereocenters. The van der Waals surface area contributed by atoms with Crippen molar-refractivity contribution in [1.82, 2.24) is 14.8 Å². The van der Waals surface area contributed by atoms with Gasteiger partial charge in [0.1, 0.15) is 5.69 Å². The van der Waals surface area contributed by atoms with Gasteiger partial charge in [0.15, 0.2) is 5.16 Å². The summed E-state index contributed by atoms with van der Waals surface area (Å²) in [6.07, 6.45) is 0. The molecule has 0 saturated heterocycles. The van der Waals surface area contributed by atoms with Crippen LogP contribution in [0.25, 0.3) is 0 Å². The number of rotatable bonds is 0. The average Bonchev–Trinajstić information content (AvgIpc) is 2.35. The second-order valence-corrected chi connectivity index (χ2v) is 3.88. The molecular weight excluding hydrogens is 174 g/mol. The zero-order chi connectivity index (χ0) is 8.72. The summed E-state index contributed by atoms with van der Waals surface area (Å²) in [5, 5.41) is 4.90. The van der Waals surface area contributed by atoms with Crippen LogP contribution in [0.2, 0.25) is 0 Å². The highest BCUT2D eigenvalue weighted by atomic mass is 32.2. The van der Waals surface area contributed by atoms with E-state index in [1.165, 1.54) is 0 Å². The predicted octanol–water partition coefficient (Wildman–Crippen LogP) is 0.613. The Balaban J connectivity index is 2.64. The van der Waals surface area contributed by atoms with Crippen LogP contribution in [0, 0.1) is 6.92 Å². The average molecular weight is 183 g/mol. The highest BCUT2D eigenvalue weighted by Crippen LogP contribution is 2.28. The minimum absolute atomic E-state index is 0.206. The van der Waals surface area contributed by atoms with E-state index in [2.05, 4.69) is 17.0 Å². The van der Waals surface area contributed by atoms with Gasteiger partial charge in [-0.3, -0.25) is 4.79 Å². The summed E-state index contributed by atoms with van der Waals surface area (Å²) in [6.45, 7) is 3.76. The van der Waals surface area contributed by atoms with Crippen molar-refractivity contribution in [3.63, 3.8) is 0 Å². The van der Waals surface area contributed by atoms with E-state index in [0.29, 0.717) is 11.7 Å². The molecule has 0 spiro atoms. The molecule has 0 radical (unpaired) electrons. The minimum atomic E-state index is -0.206. The van der Waals surface area contributed by atoms with Crippen molar-refractivity contribution in [3.8, 4) is 0 Å². The molecule has 12 heavy (non-hydrogen) atoms. The number of hydrogen-bond donors (Lipinski definition) is 0. The van der Waals surface area contributed by atoms with Crippen LogP contribution in [0.3, 0.4) is 0 Å². The molecular formula is C7H9N3OS. The first-order valence-corrected chi connectivity index (χ1v) is 4.77. The van der Waals surface area contributed by atoms with Crippen molar-refractivity contribution >= 4 is 11.8 Å². The standard InChI is InChI=1S/C7H9N3OS/c1-4-3-12-7-8-6(11)5(2)9-10(4)7/h4H,3H2,1-2H3. The Morgan fingerprint density at radius 2 is 2.42 bits per heavy atom. The van der Waals surface area contributed by atoms with Gasteiger partial charge in [0.25, 0.3) is 5.56 Å². The molecule has 0 saturated carbocycles. The second-order valence-electron chi connectivity index (χ2n) is 2.89. The van der Waals surface area contributed by atoms with Crippen LogP contribution in [-0.2, 0) is 0 Å². The van der Waals surface area contributed by atoms with Crippen molar-refractivity contribution in [1.29, 1.82) is 0 Å². The lowest BCUT2D eigenvalue weighted by Gasteiger charge is -2.05. The molecule has 0 amide bonds. The number of aromatic nitrogens is 3. The van der Waals surface area contributed by atoms with Crippen LogP contribution < -0.4 is 5.56 Å². The molecule has 0 aliphatic carbocycles. The van der Waals surface area contributed by atoms with Crippen molar-refractivity contribution < 1.29 is 0 Å². The minimum Gasteiger partial charge on any atom is -0.265 e. The van der Waals surface area contributed by atoms with E-state index in [0.717, 1.165) is 10.9 Å². The van der Waals surface area contributed by atoms with Crippen LogP contribution in [0.1, 0.15) is 18.7 Å². The molecule has 1 aliphatic rings. The monoisotopic (exact) mass is 183 g/mol. The van der Waals surface area contributed by atoms with Gasteiger partial charge < -0.3 is 0 Å². The Kier molecular flexibility index (Phi) is 1.68. The van der Waals surface area contributed by atoms with E-state index in [9.17, 15) is 4.79 Å². The Morgan fingerprint density at radius 3 is 3.17 bits per heavy atom. The lowest BCUT2D eigenvalue weighted by Crippen LogP contribution is -2.19. The van der Waals surface area contributed by atoms with E-state index in [1.54, 1.807) is 18.7 Å². The molecule has 2 rings (SSSR count). The van der Waals surface area contributed by atoms with Gasteiger partial charge in [-0.2, -0.15) is 10.1 Å². The van der Waals surface area contributed by atoms with Gasteiger partial charge in [-0.25, -0.2) is 4.68 Å². The maximum atomic E-state index is 11.1. The molecule has 1 aliphatic heterocycles. The fourth-order valence-corrected chi connectivity index (χ4v) is 2.15. The maximum absolute atomic E-state index is 11.1. The van der Waals surface area contributed by atoms with E-state index in [-0.39, 0.29) is 5.56 Å². The zero-order valence-corrected chi connectivity index (χ0v) is 7.76. The van der Waals surface area contributed by atoms with Crippen molar-refractivity contribution in [3.05, 3.63) is 16.0 Å². The lowest BCUT2D eigenvalue weighted by molar-refractivity contribution is 0.472. The zero-order valence-electron chi connectivity index (χ0n) is 6.94. The SMILES string of the molecule is Cc1nn2c(nc1=O)SCC2C. The molecule has 64 valence electrons. The number of hydrogen-bond acceptors (Lipinski definition) is 4. The van der Waals surface area contributed by atoms with Gasteiger partial charge in [0.05, 0.1) is 6.04 Å². The summed E-state index contributed by atoms with van der Waals surface area (Å²) >= 11 is 1.59. The van der Waals surface area contributed by atoms with Gasteiger partial charge in [-0.05, 0) is 13.8 Å². The first-order chi connectivity index (χ1) is 5.68. The third-order valence-corrected chi connectivity index (χ3v) is 3.02. The summed E-state index contributed by atoms with van der Waals surface area (Å²) in [5.41, 5.74) is 0.274. The topological polar surface area (TPSA) is 47.8 Å². The van der Waals surface area contributed by atoms with Crippen LogP contribution in [-0.4, -0.2) is 20.5 Å². The molecule has 2 heterocycles. The largest absolute Gasteiger partial charge is 0.295 e. The molecule has 1 aromatic rings. The van der Waals surface area contributed by atoms with Gasteiger partial charge >= 0.3 is 0 Å².